The minimum Gasteiger partial charge on any atom is -0.493 e. The Labute approximate surface area is 304 Å². The molecule has 1 aliphatic rings. The number of benzene rings is 5. The fraction of sp³-hybridized carbons (Fsp3) is 0.319. The predicted molar refractivity (Wildman–Crippen MR) is 221 cm³/mol. The van der Waals surface area contributed by atoms with Gasteiger partial charge in [0.25, 0.3) is 0 Å². The molecule has 2 aromatic heterocycles. The van der Waals surface area contributed by atoms with E-state index in [1.165, 1.54) is 66.0 Å². The Morgan fingerprint density at radius 1 is 0.580 bits per heavy atom. The number of hydrogen-bond acceptors (Lipinski definition) is 2. The number of rotatable bonds is 4. The average Bonchev–Trinajstić information content (AvgIpc) is 3.77. The van der Waals surface area contributed by atoms with Crippen molar-refractivity contribution >= 4 is 43.1 Å². The molecule has 0 aliphatic carbocycles. The Morgan fingerprint density at radius 3 is 1.96 bits per heavy atom. The number of thiophene rings is 1. The highest BCUT2D eigenvalue weighted by molar-refractivity contribution is 7.17. The number of nitrogens with one attached hydrogen (secondary N) is 1. The molecule has 3 heteroatoms. The summed E-state index contributed by atoms with van der Waals surface area (Å²) >= 11 is 1.84. The van der Waals surface area contributed by atoms with Crippen molar-refractivity contribution in [3.8, 4) is 5.75 Å². The van der Waals surface area contributed by atoms with Gasteiger partial charge in [0.05, 0.1) is 6.61 Å². The summed E-state index contributed by atoms with van der Waals surface area (Å²) < 4.78 is 7.12. The molecule has 3 heterocycles. The molecule has 0 amide bonds. The van der Waals surface area contributed by atoms with Crippen molar-refractivity contribution in [3.05, 3.63) is 149 Å². The molecule has 0 fully saturated rings. The topological polar surface area (TPSA) is 25.0 Å². The van der Waals surface area contributed by atoms with Gasteiger partial charge in [-0.05, 0) is 98.0 Å². The van der Waals surface area contributed by atoms with E-state index in [9.17, 15) is 0 Å². The zero-order valence-electron chi connectivity index (χ0n) is 31.3. The second kappa shape index (κ2) is 17.5. The van der Waals surface area contributed by atoms with Crippen LogP contribution >= 0.6 is 11.3 Å². The zero-order chi connectivity index (χ0) is 35.6. The third-order valence-corrected chi connectivity index (χ3v) is 10.4. The van der Waals surface area contributed by atoms with Crippen molar-refractivity contribution in [2.75, 3.05) is 6.61 Å². The molecule has 2 nitrogen and oxygen atoms in total. The van der Waals surface area contributed by atoms with E-state index in [1.54, 1.807) is 0 Å². The third kappa shape index (κ3) is 9.25. The molecule has 0 bridgehead atoms. The van der Waals surface area contributed by atoms with Crippen LogP contribution in [0.2, 0.25) is 0 Å². The van der Waals surface area contributed by atoms with Gasteiger partial charge in [-0.2, -0.15) is 0 Å². The van der Waals surface area contributed by atoms with Crippen LogP contribution in [0.5, 0.6) is 5.75 Å². The first kappa shape index (κ1) is 36.9. The Morgan fingerprint density at radius 2 is 1.24 bits per heavy atom. The standard InChI is InChI=1S/C13H14.C12H16O.C11H13N.C11H12S/c1-10(2)12-8-7-11-5-3-4-6-13(11)9-12;1-9(2)11-7-3-5-10-6-4-8-13-12(10)11;2*1-8(2)10-7-12-11-6-4-3-5-9(10)11/h3-10H,1-2H3;3,5,7,9H,4,6,8H2,1-2H3;3-8,12H,1-2H3;3-8H,1-2H3. The van der Waals surface area contributed by atoms with Gasteiger partial charge in [0.1, 0.15) is 5.75 Å². The average molecular weight is 682 g/mol. The molecule has 0 atom stereocenters. The van der Waals surface area contributed by atoms with Crippen LogP contribution in [-0.2, 0) is 6.42 Å². The lowest BCUT2D eigenvalue weighted by Gasteiger charge is -2.21. The van der Waals surface area contributed by atoms with E-state index in [0.29, 0.717) is 23.7 Å². The Balaban J connectivity index is 0.000000130. The summed E-state index contributed by atoms with van der Waals surface area (Å²) in [5, 5.41) is 7.72. The number of aromatic amines is 1. The lowest BCUT2D eigenvalue weighted by Crippen LogP contribution is -2.10. The van der Waals surface area contributed by atoms with E-state index in [2.05, 4.69) is 181 Å². The van der Waals surface area contributed by atoms with E-state index < -0.39 is 0 Å². The van der Waals surface area contributed by atoms with Gasteiger partial charge in [0, 0.05) is 21.8 Å². The first-order chi connectivity index (χ1) is 24.1. The van der Waals surface area contributed by atoms with E-state index in [-0.39, 0.29) is 0 Å². The molecule has 0 saturated carbocycles. The highest BCUT2D eigenvalue weighted by Gasteiger charge is 2.15. The highest BCUT2D eigenvalue weighted by Crippen LogP contribution is 2.33. The maximum absolute atomic E-state index is 5.72. The summed E-state index contributed by atoms with van der Waals surface area (Å²) in [6.45, 7) is 18.7. The Bertz CT molecular complexity index is 2020. The van der Waals surface area contributed by atoms with Crippen molar-refractivity contribution in [1.82, 2.24) is 4.98 Å². The summed E-state index contributed by atoms with van der Waals surface area (Å²) in [4.78, 5) is 3.27. The van der Waals surface area contributed by atoms with Crippen molar-refractivity contribution in [1.29, 1.82) is 0 Å². The van der Waals surface area contributed by atoms with E-state index >= 15 is 0 Å². The van der Waals surface area contributed by atoms with Crippen LogP contribution in [0, 0.1) is 0 Å². The summed E-state index contributed by atoms with van der Waals surface area (Å²) in [7, 11) is 0. The van der Waals surface area contributed by atoms with Crippen molar-refractivity contribution in [2.24, 2.45) is 0 Å². The number of aryl methyl sites for hydroxylation is 1. The lowest BCUT2D eigenvalue weighted by atomic mass is 9.96. The first-order valence-corrected chi connectivity index (χ1v) is 19.3. The first-order valence-electron chi connectivity index (χ1n) is 18.4. The lowest BCUT2D eigenvalue weighted by molar-refractivity contribution is 0.284. The maximum Gasteiger partial charge on any atom is 0.125 e. The number of H-pyrrole nitrogens is 1. The smallest absolute Gasteiger partial charge is 0.125 e. The van der Waals surface area contributed by atoms with Gasteiger partial charge >= 0.3 is 0 Å². The number of para-hydroxylation sites is 2. The molecule has 7 aromatic rings. The number of fused-ring (bicyclic) bond motifs is 4. The molecular weight excluding hydrogens is 627 g/mol. The fourth-order valence-electron chi connectivity index (χ4n) is 6.45. The number of ether oxygens (including phenoxy) is 1. The molecule has 1 N–H and O–H groups in total. The van der Waals surface area contributed by atoms with Gasteiger partial charge in [0.15, 0.2) is 0 Å². The summed E-state index contributed by atoms with van der Waals surface area (Å²) in [6.07, 6.45) is 4.44. The van der Waals surface area contributed by atoms with Crippen molar-refractivity contribution in [3.63, 3.8) is 0 Å². The van der Waals surface area contributed by atoms with Crippen LogP contribution in [0.4, 0.5) is 0 Å². The monoisotopic (exact) mass is 681 g/mol. The third-order valence-electron chi connectivity index (χ3n) is 9.40. The van der Waals surface area contributed by atoms with Crippen LogP contribution in [0.1, 0.15) is 113 Å². The SMILES string of the molecule is CC(C)c1c[nH]c2ccccc12.CC(C)c1ccc2ccccc2c1.CC(C)c1cccc2c1OCCC2.CC(C)c1csc2ccccc12. The van der Waals surface area contributed by atoms with Crippen LogP contribution in [0.3, 0.4) is 0 Å². The molecule has 0 saturated heterocycles. The van der Waals surface area contributed by atoms with E-state index in [0.717, 1.165) is 18.8 Å². The minimum atomic E-state index is 0.563. The minimum absolute atomic E-state index is 0.563. The van der Waals surface area contributed by atoms with Crippen molar-refractivity contribution < 1.29 is 4.74 Å². The molecule has 50 heavy (non-hydrogen) atoms. The van der Waals surface area contributed by atoms with Gasteiger partial charge in [-0.15, -0.1) is 11.3 Å². The molecule has 0 radical (unpaired) electrons. The molecule has 8 rings (SSSR count). The second-order valence-electron chi connectivity index (χ2n) is 14.5. The Hall–Kier alpha value is -4.34. The summed E-state index contributed by atoms with van der Waals surface area (Å²) in [5.74, 6) is 3.57. The molecular formula is C47H55NOS. The largest absolute Gasteiger partial charge is 0.493 e. The summed E-state index contributed by atoms with van der Waals surface area (Å²) in [6, 6.07) is 38.7. The van der Waals surface area contributed by atoms with Crippen LogP contribution in [-0.4, -0.2) is 11.6 Å². The van der Waals surface area contributed by atoms with Gasteiger partial charge in [-0.1, -0.05) is 152 Å². The van der Waals surface area contributed by atoms with Gasteiger partial charge in [-0.25, -0.2) is 0 Å². The zero-order valence-corrected chi connectivity index (χ0v) is 32.1. The highest BCUT2D eigenvalue weighted by atomic mass is 32.1. The maximum atomic E-state index is 5.72. The Kier molecular flexibility index (Phi) is 13.0. The second-order valence-corrected chi connectivity index (χ2v) is 15.4. The van der Waals surface area contributed by atoms with Crippen molar-refractivity contribution in [2.45, 2.75) is 91.9 Å². The predicted octanol–water partition coefficient (Wildman–Crippen LogP) is 14.4. The molecule has 0 spiro atoms. The quantitative estimate of drug-likeness (QED) is 0.196. The van der Waals surface area contributed by atoms with Crippen LogP contribution < -0.4 is 4.74 Å². The molecule has 260 valence electrons. The van der Waals surface area contributed by atoms with E-state index in [1.807, 2.05) is 11.3 Å². The van der Waals surface area contributed by atoms with Gasteiger partial charge < -0.3 is 9.72 Å². The normalized spacial score (nSPS) is 12.2. The fourth-order valence-corrected chi connectivity index (χ4v) is 7.58. The van der Waals surface area contributed by atoms with Crippen LogP contribution in [0.25, 0.3) is 31.8 Å². The van der Waals surface area contributed by atoms with Crippen LogP contribution in [0.15, 0.2) is 121 Å². The number of hydrogen-bond donors (Lipinski definition) is 1. The number of aromatic nitrogens is 1. The van der Waals surface area contributed by atoms with Gasteiger partial charge in [-0.3, -0.25) is 0 Å². The molecule has 1 aliphatic heterocycles. The summed E-state index contributed by atoms with van der Waals surface area (Å²) in [5.41, 5.74) is 8.29. The van der Waals surface area contributed by atoms with Gasteiger partial charge in [0.2, 0.25) is 0 Å². The molecule has 0 unspecified atom stereocenters. The van der Waals surface area contributed by atoms with E-state index in [4.69, 9.17) is 4.74 Å². The molecule has 5 aromatic carbocycles.